The number of para-hydroxylation sites is 2. The maximum atomic E-state index is 12.5. The molecule has 2 atom stereocenters. The first-order chi connectivity index (χ1) is 13.0. The third-order valence-electron chi connectivity index (χ3n) is 4.23. The van der Waals surface area contributed by atoms with Gasteiger partial charge in [-0.15, -0.1) is 0 Å². The highest BCUT2D eigenvalue weighted by Gasteiger charge is 2.48. The molecule has 2 N–H and O–H groups in total. The zero-order valence-corrected chi connectivity index (χ0v) is 15.2. The molecule has 0 radical (unpaired) electrons. The molecule has 0 saturated heterocycles. The maximum absolute atomic E-state index is 12.5. The van der Waals surface area contributed by atoms with E-state index in [1.807, 2.05) is 32.0 Å². The van der Waals surface area contributed by atoms with Crippen LogP contribution in [0.15, 0.2) is 48.5 Å². The van der Waals surface area contributed by atoms with E-state index in [1.54, 1.807) is 36.4 Å². The molecule has 2 unspecified atom stereocenters. The molecule has 1 aliphatic carbocycles. The van der Waals surface area contributed by atoms with Crippen LogP contribution in [0.2, 0.25) is 0 Å². The second-order valence-electron chi connectivity index (χ2n) is 6.78. The van der Waals surface area contributed by atoms with Crippen molar-refractivity contribution < 1.29 is 14.3 Å². The number of rotatable bonds is 6. The van der Waals surface area contributed by atoms with E-state index in [0.717, 1.165) is 0 Å². The Morgan fingerprint density at radius 1 is 1.07 bits per heavy atom. The van der Waals surface area contributed by atoms with Crippen molar-refractivity contribution in [3.63, 3.8) is 0 Å². The van der Waals surface area contributed by atoms with E-state index in [2.05, 4.69) is 10.6 Å². The minimum absolute atomic E-state index is 0.00771. The number of carbonyl (C=O) groups excluding carboxylic acids is 2. The summed E-state index contributed by atoms with van der Waals surface area (Å²) in [6.45, 7) is 3.84. The van der Waals surface area contributed by atoms with Crippen molar-refractivity contribution in [3.8, 4) is 11.8 Å². The summed E-state index contributed by atoms with van der Waals surface area (Å²) in [5, 5.41) is 14.6. The number of anilines is 2. The zero-order valence-electron chi connectivity index (χ0n) is 15.2. The lowest BCUT2D eigenvalue weighted by Crippen LogP contribution is -2.21. The summed E-state index contributed by atoms with van der Waals surface area (Å²) in [6.07, 6.45) is 0.495. The largest absolute Gasteiger partial charge is 0.489 e. The van der Waals surface area contributed by atoms with Crippen LogP contribution < -0.4 is 15.4 Å². The first-order valence-electron chi connectivity index (χ1n) is 8.85. The minimum Gasteiger partial charge on any atom is -0.489 e. The molecule has 6 nitrogen and oxygen atoms in total. The SMILES string of the molecule is CC(C)Oc1ccccc1NC(=O)C1CC1C(=O)Nc1cccc(C#N)c1. The molecule has 0 bridgehead atoms. The summed E-state index contributed by atoms with van der Waals surface area (Å²) in [5.74, 6) is -0.529. The molecular formula is C21H21N3O3. The average Bonchev–Trinajstić information content (AvgIpc) is 3.44. The average molecular weight is 363 g/mol. The van der Waals surface area contributed by atoms with Gasteiger partial charge in [0.15, 0.2) is 0 Å². The Bertz CT molecular complexity index is 902. The third-order valence-corrected chi connectivity index (χ3v) is 4.23. The predicted octanol–water partition coefficient (Wildman–Crippen LogP) is 3.56. The molecule has 0 spiro atoms. The first kappa shape index (κ1) is 18.5. The molecule has 0 aliphatic heterocycles. The van der Waals surface area contributed by atoms with Gasteiger partial charge in [-0.3, -0.25) is 9.59 Å². The molecule has 0 heterocycles. The number of nitrogens with zero attached hydrogens (tertiary/aromatic N) is 1. The monoisotopic (exact) mass is 363 g/mol. The number of hydrogen-bond donors (Lipinski definition) is 2. The van der Waals surface area contributed by atoms with Crippen LogP contribution in [-0.4, -0.2) is 17.9 Å². The fourth-order valence-corrected chi connectivity index (χ4v) is 2.83. The van der Waals surface area contributed by atoms with Gasteiger partial charge >= 0.3 is 0 Å². The Morgan fingerprint density at radius 3 is 2.48 bits per heavy atom. The van der Waals surface area contributed by atoms with Crippen LogP contribution in [0, 0.1) is 23.2 Å². The van der Waals surface area contributed by atoms with Gasteiger partial charge in [-0.2, -0.15) is 5.26 Å². The minimum atomic E-state index is -0.367. The number of nitriles is 1. The Labute approximate surface area is 158 Å². The number of amides is 2. The van der Waals surface area contributed by atoms with Crippen molar-refractivity contribution in [2.24, 2.45) is 11.8 Å². The Kier molecular flexibility index (Phi) is 5.41. The Balaban J connectivity index is 1.59. The van der Waals surface area contributed by atoms with Crippen molar-refractivity contribution >= 4 is 23.2 Å². The summed E-state index contributed by atoms with van der Waals surface area (Å²) < 4.78 is 5.70. The topological polar surface area (TPSA) is 91.2 Å². The van der Waals surface area contributed by atoms with Crippen LogP contribution >= 0.6 is 0 Å². The van der Waals surface area contributed by atoms with Crippen LogP contribution in [-0.2, 0) is 9.59 Å². The molecule has 1 fully saturated rings. The summed E-state index contributed by atoms with van der Waals surface area (Å²) >= 11 is 0. The van der Waals surface area contributed by atoms with Gasteiger partial charge in [-0.25, -0.2) is 0 Å². The van der Waals surface area contributed by atoms with Crippen LogP contribution in [0.3, 0.4) is 0 Å². The normalized spacial score (nSPS) is 17.7. The molecule has 2 aromatic carbocycles. The van der Waals surface area contributed by atoms with E-state index < -0.39 is 0 Å². The van der Waals surface area contributed by atoms with E-state index in [1.165, 1.54) is 0 Å². The van der Waals surface area contributed by atoms with Crippen molar-refractivity contribution in [2.45, 2.75) is 26.4 Å². The summed E-state index contributed by atoms with van der Waals surface area (Å²) in [6, 6.07) is 16.0. The lowest BCUT2D eigenvalue weighted by molar-refractivity contribution is -0.122. The maximum Gasteiger partial charge on any atom is 0.228 e. The smallest absolute Gasteiger partial charge is 0.228 e. The number of hydrogen-bond acceptors (Lipinski definition) is 4. The highest BCUT2D eigenvalue weighted by Crippen LogP contribution is 2.41. The van der Waals surface area contributed by atoms with E-state index in [-0.39, 0.29) is 29.8 Å². The summed E-state index contributed by atoms with van der Waals surface area (Å²) in [4.78, 5) is 24.8. The van der Waals surface area contributed by atoms with E-state index in [0.29, 0.717) is 29.1 Å². The second kappa shape index (κ2) is 7.92. The van der Waals surface area contributed by atoms with Crippen LogP contribution in [0.5, 0.6) is 5.75 Å². The molecule has 2 aromatic rings. The summed E-state index contributed by atoms with van der Waals surface area (Å²) in [7, 11) is 0. The van der Waals surface area contributed by atoms with E-state index in [4.69, 9.17) is 10.00 Å². The van der Waals surface area contributed by atoms with Crippen molar-refractivity contribution in [1.29, 1.82) is 5.26 Å². The quantitative estimate of drug-likeness (QED) is 0.821. The standard InChI is InChI=1S/C21H21N3O3/c1-13(2)27-19-9-4-3-8-18(19)24-21(26)17-11-16(17)20(25)23-15-7-5-6-14(10-15)12-22/h3-10,13,16-17H,11H2,1-2H3,(H,23,25)(H,24,26). The Hall–Kier alpha value is -3.33. The third kappa shape index (κ3) is 4.64. The van der Waals surface area contributed by atoms with Gasteiger partial charge in [0.1, 0.15) is 5.75 Å². The first-order valence-corrected chi connectivity index (χ1v) is 8.85. The number of benzene rings is 2. The van der Waals surface area contributed by atoms with Gasteiger partial charge in [0.2, 0.25) is 11.8 Å². The predicted molar refractivity (Wildman–Crippen MR) is 102 cm³/mol. The van der Waals surface area contributed by atoms with Gasteiger partial charge < -0.3 is 15.4 Å². The number of nitrogens with one attached hydrogen (secondary N) is 2. The van der Waals surface area contributed by atoms with Gasteiger partial charge in [0.05, 0.1) is 35.3 Å². The van der Waals surface area contributed by atoms with Crippen LogP contribution in [0.1, 0.15) is 25.8 Å². The number of carbonyl (C=O) groups is 2. The molecule has 1 saturated carbocycles. The highest BCUT2D eigenvalue weighted by atomic mass is 16.5. The molecule has 0 aromatic heterocycles. The fourth-order valence-electron chi connectivity index (χ4n) is 2.83. The van der Waals surface area contributed by atoms with Gasteiger partial charge in [0, 0.05) is 5.69 Å². The van der Waals surface area contributed by atoms with Crippen molar-refractivity contribution in [2.75, 3.05) is 10.6 Å². The van der Waals surface area contributed by atoms with Gasteiger partial charge in [0.25, 0.3) is 0 Å². The molecule has 1 aliphatic rings. The van der Waals surface area contributed by atoms with Crippen LogP contribution in [0.25, 0.3) is 0 Å². The van der Waals surface area contributed by atoms with E-state index >= 15 is 0 Å². The lowest BCUT2D eigenvalue weighted by Gasteiger charge is -2.14. The fraction of sp³-hybridized carbons (Fsp3) is 0.286. The highest BCUT2D eigenvalue weighted by molar-refractivity contribution is 6.03. The molecule has 6 heteroatoms. The molecule has 138 valence electrons. The molecule has 2 amide bonds. The second-order valence-corrected chi connectivity index (χ2v) is 6.78. The Morgan fingerprint density at radius 2 is 1.78 bits per heavy atom. The zero-order chi connectivity index (χ0) is 19.4. The molecule has 3 rings (SSSR count). The lowest BCUT2D eigenvalue weighted by atomic mass is 10.2. The number of ether oxygens (including phenoxy) is 1. The summed E-state index contributed by atoms with van der Waals surface area (Å²) in [5.41, 5.74) is 1.63. The van der Waals surface area contributed by atoms with E-state index in [9.17, 15) is 9.59 Å². The molecular weight excluding hydrogens is 342 g/mol. The van der Waals surface area contributed by atoms with Crippen molar-refractivity contribution in [1.82, 2.24) is 0 Å². The molecule has 27 heavy (non-hydrogen) atoms. The van der Waals surface area contributed by atoms with Gasteiger partial charge in [-0.1, -0.05) is 18.2 Å². The van der Waals surface area contributed by atoms with Crippen molar-refractivity contribution in [3.05, 3.63) is 54.1 Å². The van der Waals surface area contributed by atoms with Gasteiger partial charge in [-0.05, 0) is 50.6 Å². The van der Waals surface area contributed by atoms with Crippen LogP contribution in [0.4, 0.5) is 11.4 Å².